The Hall–Kier alpha value is -3.80. The summed E-state index contributed by atoms with van der Waals surface area (Å²) in [5, 5.41) is 6.78. The molecule has 0 unspecified atom stereocenters. The van der Waals surface area contributed by atoms with E-state index in [0.29, 0.717) is 11.4 Å². The van der Waals surface area contributed by atoms with Gasteiger partial charge < -0.3 is 22.1 Å². The molecule has 6 nitrogen and oxygen atoms in total. The number of rotatable bonds is 8. The van der Waals surface area contributed by atoms with E-state index in [-0.39, 0.29) is 11.1 Å². The lowest BCUT2D eigenvalue weighted by Crippen LogP contribution is -2.21. The van der Waals surface area contributed by atoms with Crippen LogP contribution in [0.2, 0.25) is 0 Å². The first kappa shape index (κ1) is 20.9. The molecule has 0 aliphatic heterocycles. The Labute approximate surface area is 176 Å². The van der Waals surface area contributed by atoms with Gasteiger partial charge in [0.25, 0.3) is 0 Å². The predicted molar refractivity (Wildman–Crippen MR) is 122 cm³/mol. The molecule has 0 heterocycles. The van der Waals surface area contributed by atoms with Gasteiger partial charge in [-0.15, -0.1) is 0 Å². The summed E-state index contributed by atoms with van der Waals surface area (Å²) in [6.07, 6.45) is 1.68. The van der Waals surface area contributed by atoms with Gasteiger partial charge in [-0.05, 0) is 48.2 Å². The zero-order chi connectivity index (χ0) is 21.7. The third-order valence-corrected chi connectivity index (χ3v) is 5.02. The van der Waals surface area contributed by atoms with Crippen molar-refractivity contribution < 1.29 is 9.59 Å². The minimum Gasteiger partial charge on any atom is -0.366 e. The lowest BCUT2D eigenvalue weighted by molar-refractivity contribution is 0.0967. The first-order chi connectivity index (χ1) is 14.4. The number of anilines is 4. The van der Waals surface area contributed by atoms with E-state index in [0.717, 1.165) is 35.3 Å². The minimum atomic E-state index is -0.712. The van der Waals surface area contributed by atoms with E-state index in [2.05, 4.69) is 24.5 Å². The van der Waals surface area contributed by atoms with Crippen molar-refractivity contribution in [3.63, 3.8) is 0 Å². The van der Waals surface area contributed by atoms with Crippen molar-refractivity contribution in [2.24, 2.45) is 11.5 Å². The van der Waals surface area contributed by atoms with Crippen LogP contribution >= 0.6 is 0 Å². The zero-order valence-electron chi connectivity index (χ0n) is 17.2. The van der Waals surface area contributed by atoms with Gasteiger partial charge in [0.05, 0.1) is 22.5 Å². The molecule has 3 aromatic rings. The maximum absolute atomic E-state index is 12.0. The quantitative estimate of drug-likeness (QED) is 0.445. The van der Waals surface area contributed by atoms with E-state index in [1.54, 1.807) is 12.1 Å². The Kier molecular flexibility index (Phi) is 6.37. The fourth-order valence-corrected chi connectivity index (χ4v) is 3.41. The summed E-state index contributed by atoms with van der Waals surface area (Å²) in [6.45, 7) is 4.14. The van der Waals surface area contributed by atoms with Crippen molar-refractivity contribution in [2.75, 3.05) is 10.6 Å². The van der Waals surface area contributed by atoms with Crippen molar-refractivity contribution in [3.05, 3.63) is 82.9 Å². The van der Waals surface area contributed by atoms with Gasteiger partial charge in [0.2, 0.25) is 11.8 Å². The number of primary amides is 2. The number of hydrogen-bond donors (Lipinski definition) is 4. The van der Waals surface area contributed by atoms with Crippen LogP contribution in [-0.4, -0.2) is 11.8 Å². The second kappa shape index (κ2) is 9.13. The minimum absolute atomic E-state index is 0.0771. The summed E-state index contributed by atoms with van der Waals surface area (Å²) in [5.41, 5.74) is 16.5. The number of nitrogens with two attached hydrogens (primary N) is 2. The number of carbonyl (C=O) groups is 2. The van der Waals surface area contributed by atoms with E-state index in [1.807, 2.05) is 48.5 Å². The average Bonchev–Trinajstić information content (AvgIpc) is 2.75. The molecule has 6 heteroatoms. The number of para-hydroxylation sites is 2. The van der Waals surface area contributed by atoms with Gasteiger partial charge in [-0.2, -0.15) is 0 Å². The molecule has 6 N–H and O–H groups in total. The predicted octanol–water partition coefficient (Wildman–Crippen LogP) is 4.50. The molecule has 0 saturated heterocycles. The summed E-state index contributed by atoms with van der Waals surface area (Å²) in [7, 11) is 0. The summed E-state index contributed by atoms with van der Waals surface area (Å²) in [5.74, 6) is -1.42. The maximum atomic E-state index is 12.0. The molecule has 0 saturated carbocycles. The molecule has 0 spiro atoms. The maximum Gasteiger partial charge on any atom is 0.249 e. The first-order valence-electron chi connectivity index (χ1n) is 9.92. The highest BCUT2D eigenvalue weighted by Crippen LogP contribution is 2.34. The molecule has 0 radical (unpaired) electrons. The smallest absolute Gasteiger partial charge is 0.249 e. The number of hydrogen-bond acceptors (Lipinski definition) is 4. The van der Waals surface area contributed by atoms with Crippen LogP contribution in [0.25, 0.3) is 0 Å². The second-order valence-electron chi connectivity index (χ2n) is 6.94. The fourth-order valence-electron chi connectivity index (χ4n) is 3.41. The molecule has 3 aromatic carbocycles. The highest BCUT2D eigenvalue weighted by Gasteiger charge is 2.18. The van der Waals surface area contributed by atoms with Crippen LogP contribution in [0.1, 0.15) is 45.7 Å². The van der Waals surface area contributed by atoms with Crippen LogP contribution in [0.15, 0.2) is 60.7 Å². The van der Waals surface area contributed by atoms with Gasteiger partial charge in [0, 0.05) is 11.4 Å². The van der Waals surface area contributed by atoms with E-state index in [1.165, 1.54) is 0 Å². The molecule has 2 amide bonds. The summed E-state index contributed by atoms with van der Waals surface area (Å²) in [6, 6.07) is 19.0. The third kappa shape index (κ3) is 4.43. The zero-order valence-corrected chi connectivity index (χ0v) is 17.2. The van der Waals surface area contributed by atoms with Gasteiger partial charge in [-0.1, -0.05) is 50.2 Å². The molecule has 0 aromatic heterocycles. The first-order valence-corrected chi connectivity index (χ1v) is 9.92. The number of benzene rings is 3. The summed E-state index contributed by atoms with van der Waals surface area (Å²) >= 11 is 0. The normalized spacial score (nSPS) is 10.5. The van der Waals surface area contributed by atoms with Crippen molar-refractivity contribution in [1.82, 2.24) is 0 Å². The van der Waals surface area contributed by atoms with Gasteiger partial charge in [-0.3, -0.25) is 9.59 Å². The topological polar surface area (TPSA) is 110 Å². The molecule has 3 rings (SSSR count). The third-order valence-electron chi connectivity index (χ3n) is 5.02. The van der Waals surface area contributed by atoms with E-state index < -0.39 is 11.8 Å². The van der Waals surface area contributed by atoms with Crippen molar-refractivity contribution in [1.29, 1.82) is 0 Å². The Balaban J connectivity index is 2.16. The van der Waals surface area contributed by atoms with Crippen LogP contribution in [0, 0.1) is 0 Å². The van der Waals surface area contributed by atoms with Crippen LogP contribution in [0.3, 0.4) is 0 Å². The Bertz CT molecular complexity index is 1010. The Morgan fingerprint density at radius 1 is 0.667 bits per heavy atom. The summed E-state index contributed by atoms with van der Waals surface area (Å²) in [4.78, 5) is 24.0. The number of nitrogens with one attached hydrogen (secondary N) is 2. The van der Waals surface area contributed by atoms with Gasteiger partial charge >= 0.3 is 0 Å². The van der Waals surface area contributed by atoms with E-state index >= 15 is 0 Å². The molecular weight excluding hydrogens is 376 g/mol. The van der Waals surface area contributed by atoms with Crippen molar-refractivity contribution in [3.8, 4) is 0 Å². The Morgan fingerprint density at radius 3 is 1.37 bits per heavy atom. The molecule has 0 aliphatic carbocycles. The monoisotopic (exact) mass is 402 g/mol. The number of aryl methyl sites for hydroxylation is 2. The van der Waals surface area contributed by atoms with Crippen molar-refractivity contribution in [2.45, 2.75) is 26.7 Å². The molecule has 0 atom stereocenters. The van der Waals surface area contributed by atoms with Gasteiger partial charge in [0.15, 0.2) is 0 Å². The Morgan fingerprint density at radius 2 is 1.03 bits per heavy atom. The lowest BCUT2D eigenvalue weighted by atomic mass is 10.0. The molecule has 0 bridgehead atoms. The number of carbonyl (C=O) groups excluding carboxylic acids is 2. The highest BCUT2D eigenvalue weighted by atomic mass is 16.2. The molecule has 0 aliphatic rings. The second-order valence-corrected chi connectivity index (χ2v) is 6.94. The molecule has 30 heavy (non-hydrogen) atoms. The van der Waals surface area contributed by atoms with Crippen LogP contribution in [0.4, 0.5) is 22.7 Å². The SMILES string of the molecule is CCc1ccccc1Nc1cc(C(N)=O)c(C(N)=O)cc1Nc1ccccc1CC. The summed E-state index contributed by atoms with van der Waals surface area (Å²) < 4.78 is 0. The fraction of sp³-hybridized carbons (Fsp3) is 0.167. The largest absolute Gasteiger partial charge is 0.366 e. The van der Waals surface area contributed by atoms with Crippen LogP contribution < -0.4 is 22.1 Å². The molecule has 154 valence electrons. The number of amides is 2. The van der Waals surface area contributed by atoms with Crippen LogP contribution in [-0.2, 0) is 12.8 Å². The lowest BCUT2D eigenvalue weighted by Gasteiger charge is -2.19. The average molecular weight is 402 g/mol. The molecule has 0 fully saturated rings. The van der Waals surface area contributed by atoms with Gasteiger partial charge in [-0.25, -0.2) is 0 Å². The van der Waals surface area contributed by atoms with Crippen molar-refractivity contribution >= 4 is 34.6 Å². The standard InChI is InChI=1S/C24H26N4O2/c1-3-15-9-5-7-11-19(15)27-21-13-17(23(25)29)18(24(26)30)14-22(21)28-20-12-8-6-10-16(20)4-2/h5-14,27-28H,3-4H2,1-2H3,(H2,25,29)(H2,26,30). The van der Waals surface area contributed by atoms with E-state index in [4.69, 9.17) is 11.5 Å². The van der Waals surface area contributed by atoms with E-state index in [9.17, 15) is 9.59 Å². The highest BCUT2D eigenvalue weighted by molar-refractivity contribution is 6.08. The van der Waals surface area contributed by atoms with Gasteiger partial charge in [0.1, 0.15) is 0 Å². The molecular formula is C24H26N4O2. The van der Waals surface area contributed by atoms with Crippen LogP contribution in [0.5, 0.6) is 0 Å².